The number of carbonyl (C=O) groups excluding carboxylic acids is 1. The number of para-hydroxylation sites is 1. The molecule has 0 saturated heterocycles. The smallest absolute Gasteiger partial charge is 0.319 e. The van der Waals surface area contributed by atoms with Gasteiger partial charge in [-0.05, 0) is 47.9 Å². The van der Waals surface area contributed by atoms with Crippen molar-refractivity contribution in [3.05, 3.63) is 94.9 Å². The fraction of sp³-hybridized carbons (Fsp3) is 0.130. The summed E-state index contributed by atoms with van der Waals surface area (Å²) in [5.41, 5.74) is 4.75. The highest BCUT2D eigenvalue weighted by atomic mass is 35.5. The third-order valence-corrected chi connectivity index (χ3v) is 5.48. The summed E-state index contributed by atoms with van der Waals surface area (Å²) in [5.74, 6) is -0.0361. The number of nitrogens with one attached hydrogen (secondary N) is 3. The van der Waals surface area contributed by atoms with E-state index in [-0.39, 0.29) is 11.9 Å². The number of carbonyl (C=O) groups is 1. The van der Waals surface area contributed by atoms with Crippen LogP contribution in [0.4, 0.5) is 10.5 Å². The Balaban J connectivity index is 1.56. The van der Waals surface area contributed by atoms with Gasteiger partial charge < -0.3 is 15.6 Å². The van der Waals surface area contributed by atoms with Crippen LogP contribution in [-0.4, -0.2) is 22.5 Å². The van der Waals surface area contributed by atoms with E-state index >= 15 is 0 Å². The summed E-state index contributed by atoms with van der Waals surface area (Å²) in [6.07, 6.45) is 5.59. The first kappa shape index (κ1) is 19.0. The highest BCUT2D eigenvalue weighted by Crippen LogP contribution is 2.30. The van der Waals surface area contributed by atoms with Crippen LogP contribution in [0.5, 0.6) is 0 Å². The molecular formula is C23H21ClN4O. The Morgan fingerprint density at radius 2 is 2.00 bits per heavy atom. The number of urea groups is 1. The number of aromatic nitrogens is 2. The fourth-order valence-corrected chi connectivity index (χ4v) is 3.65. The number of benzene rings is 2. The van der Waals surface area contributed by atoms with Crippen molar-refractivity contribution < 1.29 is 4.79 Å². The predicted molar refractivity (Wildman–Crippen MR) is 118 cm³/mol. The van der Waals surface area contributed by atoms with Crippen LogP contribution in [0.2, 0.25) is 5.02 Å². The van der Waals surface area contributed by atoms with Gasteiger partial charge in [-0.1, -0.05) is 41.9 Å². The van der Waals surface area contributed by atoms with Gasteiger partial charge in [-0.15, -0.1) is 0 Å². The van der Waals surface area contributed by atoms with Crippen molar-refractivity contribution >= 4 is 34.2 Å². The van der Waals surface area contributed by atoms with Crippen LogP contribution in [0.15, 0.2) is 73.2 Å². The SMILES string of the molecule is Cc1c(Cl)cccc1NC(=O)NC[C@H](c1cccnc1)c1c[nH]c2ccccc12. The lowest BCUT2D eigenvalue weighted by atomic mass is 9.92. The average Bonchev–Trinajstić information content (AvgIpc) is 3.16. The standard InChI is InChI=1S/C23H21ClN4O/c1-15-20(24)8-4-10-21(15)28-23(29)27-13-18(16-6-5-11-25-12-16)19-14-26-22-9-3-2-7-17(19)22/h2-12,14,18,26H,13H2,1H3,(H2,27,28,29)/t18-/m1/s1. The molecule has 0 saturated carbocycles. The molecule has 4 rings (SSSR count). The first-order valence-electron chi connectivity index (χ1n) is 9.39. The highest BCUT2D eigenvalue weighted by molar-refractivity contribution is 6.31. The van der Waals surface area contributed by atoms with E-state index in [0.29, 0.717) is 17.3 Å². The van der Waals surface area contributed by atoms with Crippen LogP contribution in [0.3, 0.4) is 0 Å². The van der Waals surface area contributed by atoms with Gasteiger partial charge in [-0.3, -0.25) is 4.98 Å². The van der Waals surface area contributed by atoms with Crippen molar-refractivity contribution in [3.8, 4) is 0 Å². The molecule has 2 amide bonds. The van der Waals surface area contributed by atoms with Gasteiger partial charge in [0.05, 0.1) is 0 Å². The van der Waals surface area contributed by atoms with Crippen molar-refractivity contribution in [2.75, 3.05) is 11.9 Å². The van der Waals surface area contributed by atoms with Gasteiger partial charge in [0.25, 0.3) is 0 Å². The largest absolute Gasteiger partial charge is 0.361 e. The maximum Gasteiger partial charge on any atom is 0.319 e. The lowest BCUT2D eigenvalue weighted by Crippen LogP contribution is -2.33. The van der Waals surface area contributed by atoms with Crippen molar-refractivity contribution in [2.45, 2.75) is 12.8 Å². The molecule has 4 aromatic rings. The minimum Gasteiger partial charge on any atom is -0.361 e. The molecule has 2 aromatic carbocycles. The van der Waals surface area contributed by atoms with Crippen LogP contribution in [-0.2, 0) is 0 Å². The molecular weight excluding hydrogens is 384 g/mol. The van der Waals surface area contributed by atoms with Gasteiger partial charge in [0.2, 0.25) is 0 Å². The number of halogens is 1. The summed E-state index contributed by atoms with van der Waals surface area (Å²) in [4.78, 5) is 20.1. The van der Waals surface area contributed by atoms with Gasteiger partial charge in [-0.25, -0.2) is 4.79 Å². The number of H-pyrrole nitrogens is 1. The third-order valence-electron chi connectivity index (χ3n) is 5.07. The zero-order valence-corrected chi connectivity index (χ0v) is 16.7. The molecule has 2 aromatic heterocycles. The van der Waals surface area contributed by atoms with Gasteiger partial charge in [0.1, 0.15) is 0 Å². The number of hydrogen-bond acceptors (Lipinski definition) is 2. The summed E-state index contributed by atoms with van der Waals surface area (Å²) in [6, 6.07) is 17.3. The van der Waals surface area contributed by atoms with Gasteiger partial charge in [0, 0.05) is 52.7 Å². The number of rotatable bonds is 5. The molecule has 0 aliphatic heterocycles. The van der Waals surface area contributed by atoms with E-state index in [2.05, 4.69) is 26.7 Å². The summed E-state index contributed by atoms with van der Waals surface area (Å²) in [7, 11) is 0. The van der Waals surface area contributed by atoms with Gasteiger partial charge in [0.15, 0.2) is 0 Å². The van der Waals surface area contributed by atoms with Crippen LogP contribution >= 0.6 is 11.6 Å². The Kier molecular flexibility index (Phi) is 5.49. The number of anilines is 1. The summed E-state index contributed by atoms with van der Waals surface area (Å²) in [6.45, 7) is 2.31. The Labute approximate surface area is 174 Å². The number of aromatic amines is 1. The number of amides is 2. The molecule has 0 unspecified atom stereocenters. The van der Waals surface area contributed by atoms with E-state index in [1.807, 2.05) is 61.8 Å². The van der Waals surface area contributed by atoms with E-state index in [9.17, 15) is 4.79 Å². The quantitative estimate of drug-likeness (QED) is 0.412. The van der Waals surface area contributed by atoms with Crippen LogP contribution < -0.4 is 10.6 Å². The monoisotopic (exact) mass is 404 g/mol. The number of nitrogens with zero attached hydrogens (tertiary/aromatic N) is 1. The molecule has 0 aliphatic carbocycles. The van der Waals surface area contributed by atoms with Crippen molar-refractivity contribution in [2.24, 2.45) is 0 Å². The first-order chi connectivity index (χ1) is 14.1. The molecule has 6 heteroatoms. The molecule has 1 atom stereocenters. The van der Waals surface area contributed by atoms with E-state index < -0.39 is 0 Å². The molecule has 0 spiro atoms. The van der Waals surface area contributed by atoms with Crippen molar-refractivity contribution in [1.82, 2.24) is 15.3 Å². The summed E-state index contributed by atoms with van der Waals surface area (Å²) < 4.78 is 0. The first-order valence-corrected chi connectivity index (χ1v) is 9.77. The van der Waals surface area contributed by atoms with Crippen molar-refractivity contribution in [1.29, 1.82) is 0 Å². The minimum absolute atomic E-state index is 0.0361. The second kappa shape index (κ2) is 8.37. The maximum absolute atomic E-state index is 12.6. The van der Waals surface area contributed by atoms with E-state index in [0.717, 1.165) is 27.6 Å². The maximum atomic E-state index is 12.6. The lowest BCUT2D eigenvalue weighted by Gasteiger charge is -2.18. The third kappa shape index (κ3) is 4.10. The summed E-state index contributed by atoms with van der Waals surface area (Å²) >= 11 is 6.15. The molecule has 146 valence electrons. The van der Waals surface area contributed by atoms with Gasteiger partial charge >= 0.3 is 6.03 Å². The Morgan fingerprint density at radius 1 is 1.14 bits per heavy atom. The minimum atomic E-state index is -0.274. The zero-order chi connectivity index (χ0) is 20.2. The molecule has 2 heterocycles. The number of hydrogen-bond donors (Lipinski definition) is 3. The average molecular weight is 405 g/mol. The molecule has 5 nitrogen and oxygen atoms in total. The second-order valence-electron chi connectivity index (χ2n) is 6.88. The highest BCUT2D eigenvalue weighted by Gasteiger charge is 2.19. The second-order valence-corrected chi connectivity index (χ2v) is 7.28. The predicted octanol–water partition coefficient (Wildman–Crippen LogP) is 5.48. The Morgan fingerprint density at radius 3 is 2.83 bits per heavy atom. The van der Waals surface area contributed by atoms with E-state index in [1.165, 1.54) is 0 Å². The normalized spacial score (nSPS) is 11.9. The van der Waals surface area contributed by atoms with Crippen LogP contribution in [0.25, 0.3) is 10.9 Å². The molecule has 3 N–H and O–H groups in total. The fourth-order valence-electron chi connectivity index (χ4n) is 3.48. The van der Waals surface area contributed by atoms with Crippen LogP contribution in [0, 0.1) is 6.92 Å². The molecule has 29 heavy (non-hydrogen) atoms. The van der Waals surface area contributed by atoms with Crippen molar-refractivity contribution in [3.63, 3.8) is 0 Å². The molecule has 0 radical (unpaired) electrons. The van der Waals surface area contributed by atoms with Gasteiger partial charge in [-0.2, -0.15) is 0 Å². The topological polar surface area (TPSA) is 69.8 Å². The Hall–Kier alpha value is -3.31. The lowest BCUT2D eigenvalue weighted by molar-refractivity contribution is 0.252. The summed E-state index contributed by atoms with van der Waals surface area (Å²) in [5, 5.41) is 7.63. The van der Waals surface area contributed by atoms with Crippen LogP contribution in [0.1, 0.15) is 22.6 Å². The van der Waals surface area contributed by atoms with E-state index in [1.54, 1.807) is 12.3 Å². The molecule has 0 bridgehead atoms. The Bertz CT molecular complexity index is 1140. The number of fused-ring (bicyclic) bond motifs is 1. The molecule has 0 aliphatic rings. The van der Waals surface area contributed by atoms with E-state index in [4.69, 9.17) is 11.6 Å². The molecule has 0 fully saturated rings. The zero-order valence-electron chi connectivity index (χ0n) is 15.9. The number of pyridine rings is 1.